The third kappa shape index (κ3) is 2.43. The third-order valence-electron chi connectivity index (χ3n) is 2.89. The van der Waals surface area contributed by atoms with Gasteiger partial charge in [0, 0.05) is 24.2 Å². The van der Waals surface area contributed by atoms with Crippen LogP contribution in [-0.4, -0.2) is 20.8 Å². The number of hydrogen-bond acceptors (Lipinski definition) is 4. The van der Waals surface area contributed by atoms with E-state index in [1.54, 1.807) is 20.5 Å². The number of benzene rings is 1. The number of fused-ring (bicyclic) bond motifs is 1. The van der Waals surface area contributed by atoms with Crippen molar-refractivity contribution < 1.29 is 13.9 Å². The maximum atomic E-state index is 5.56. The predicted molar refractivity (Wildman–Crippen MR) is 71.3 cm³/mol. The summed E-state index contributed by atoms with van der Waals surface area (Å²) in [7, 11) is 3.29. The second-order valence-electron chi connectivity index (χ2n) is 4.14. The van der Waals surface area contributed by atoms with E-state index in [4.69, 9.17) is 13.9 Å². The van der Waals surface area contributed by atoms with Gasteiger partial charge >= 0.3 is 0 Å². The molecule has 1 N–H and O–H groups in total. The van der Waals surface area contributed by atoms with Crippen LogP contribution >= 0.6 is 0 Å². The van der Waals surface area contributed by atoms with Crippen molar-refractivity contribution in [2.45, 2.75) is 19.9 Å². The SMILES string of the molecule is CCCNCc1coc2cc(OC)cc(OC)c12. The largest absolute Gasteiger partial charge is 0.496 e. The fourth-order valence-electron chi connectivity index (χ4n) is 1.98. The van der Waals surface area contributed by atoms with Crippen LogP contribution in [-0.2, 0) is 6.54 Å². The first-order valence-corrected chi connectivity index (χ1v) is 6.13. The standard InChI is InChI=1S/C14H19NO3/c1-4-5-15-8-10-9-18-13-7-11(16-2)6-12(17-3)14(10)13/h6-7,9,15H,4-5,8H2,1-3H3. The Morgan fingerprint density at radius 3 is 2.72 bits per heavy atom. The molecule has 0 aliphatic rings. The Kier molecular flexibility index (Phi) is 4.10. The van der Waals surface area contributed by atoms with Gasteiger partial charge < -0.3 is 19.2 Å². The van der Waals surface area contributed by atoms with Gasteiger partial charge in [-0.25, -0.2) is 0 Å². The van der Waals surface area contributed by atoms with Gasteiger partial charge in [-0.2, -0.15) is 0 Å². The van der Waals surface area contributed by atoms with Crippen LogP contribution in [0.15, 0.2) is 22.8 Å². The molecule has 18 heavy (non-hydrogen) atoms. The molecule has 0 bridgehead atoms. The molecule has 0 amide bonds. The van der Waals surface area contributed by atoms with Crippen LogP contribution in [0.25, 0.3) is 11.0 Å². The second kappa shape index (κ2) is 5.78. The first-order chi connectivity index (χ1) is 8.80. The molecule has 1 heterocycles. The summed E-state index contributed by atoms with van der Waals surface area (Å²) in [5.74, 6) is 1.52. The summed E-state index contributed by atoms with van der Waals surface area (Å²) >= 11 is 0. The first kappa shape index (κ1) is 12.8. The average Bonchev–Trinajstić information content (AvgIpc) is 2.81. The van der Waals surface area contributed by atoms with Crippen molar-refractivity contribution in [1.29, 1.82) is 0 Å². The highest BCUT2D eigenvalue weighted by Crippen LogP contribution is 2.34. The lowest BCUT2D eigenvalue weighted by atomic mass is 10.1. The summed E-state index contributed by atoms with van der Waals surface area (Å²) in [6, 6.07) is 3.75. The molecule has 0 aliphatic heterocycles. The van der Waals surface area contributed by atoms with Crippen molar-refractivity contribution in [3.05, 3.63) is 24.0 Å². The van der Waals surface area contributed by atoms with Gasteiger partial charge in [0.05, 0.1) is 25.9 Å². The molecule has 0 atom stereocenters. The van der Waals surface area contributed by atoms with Gasteiger partial charge in [-0.05, 0) is 13.0 Å². The van der Waals surface area contributed by atoms with E-state index in [1.807, 2.05) is 12.1 Å². The third-order valence-corrected chi connectivity index (χ3v) is 2.89. The summed E-state index contributed by atoms with van der Waals surface area (Å²) in [6.07, 6.45) is 2.88. The van der Waals surface area contributed by atoms with E-state index in [1.165, 1.54) is 0 Å². The number of ether oxygens (including phenoxy) is 2. The van der Waals surface area contributed by atoms with Crippen molar-refractivity contribution in [3.63, 3.8) is 0 Å². The Morgan fingerprint density at radius 2 is 2.06 bits per heavy atom. The molecule has 0 saturated heterocycles. The number of hydrogen-bond donors (Lipinski definition) is 1. The van der Waals surface area contributed by atoms with Crippen LogP contribution in [0.4, 0.5) is 0 Å². The van der Waals surface area contributed by atoms with E-state index in [0.717, 1.165) is 47.5 Å². The van der Waals surface area contributed by atoms with Crippen LogP contribution in [0.3, 0.4) is 0 Å². The first-order valence-electron chi connectivity index (χ1n) is 6.13. The number of nitrogens with one attached hydrogen (secondary N) is 1. The number of furan rings is 1. The van der Waals surface area contributed by atoms with Crippen molar-refractivity contribution in [2.75, 3.05) is 20.8 Å². The zero-order chi connectivity index (χ0) is 13.0. The average molecular weight is 249 g/mol. The summed E-state index contributed by atoms with van der Waals surface area (Å²) in [5, 5.41) is 4.38. The second-order valence-corrected chi connectivity index (χ2v) is 4.14. The fourth-order valence-corrected chi connectivity index (χ4v) is 1.98. The molecule has 1 aromatic carbocycles. The minimum Gasteiger partial charge on any atom is -0.496 e. The molecule has 2 rings (SSSR count). The zero-order valence-electron chi connectivity index (χ0n) is 11.1. The van der Waals surface area contributed by atoms with E-state index in [-0.39, 0.29) is 0 Å². The molecule has 4 heteroatoms. The number of methoxy groups -OCH3 is 2. The fraction of sp³-hybridized carbons (Fsp3) is 0.429. The van der Waals surface area contributed by atoms with Crippen LogP contribution in [0.1, 0.15) is 18.9 Å². The monoisotopic (exact) mass is 249 g/mol. The quantitative estimate of drug-likeness (QED) is 0.799. The van der Waals surface area contributed by atoms with E-state index < -0.39 is 0 Å². The van der Waals surface area contributed by atoms with Gasteiger partial charge in [0.1, 0.15) is 17.1 Å². The highest BCUT2D eigenvalue weighted by molar-refractivity contribution is 5.89. The lowest BCUT2D eigenvalue weighted by Gasteiger charge is -2.07. The maximum Gasteiger partial charge on any atom is 0.141 e. The van der Waals surface area contributed by atoms with E-state index in [2.05, 4.69) is 12.2 Å². The molecule has 0 saturated carbocycles. The molecule has 98 valence electrons. The van der Waals surface area contributed by atoms with Crippen molar-refractivity contribution in [2.24, 2.45) is 0 Å². The van der Waals surface area contributed by atoms with Gasteiger partial charge in [-0.3, -0.25) is 0 Å². The van der Waals surface area contributed by atoms with Gasteiger partial charge in [0.15, 0.2) is 0 Å². The van der Waals surface area contributed by atoms with Crippen LogP contribution in [0, 0.1) is 0 Å². The molecule has 0 unspecified atom stereocenters. The Bertz CT molecular complexity index is 519. The lowest BCUT2D eigenvalue weighted by Crippen LogP contribution is -2.13. The Labute approximate surface area is 107 Å². The van der Waals surface area contributed by atoms with Crippen molar-refractivity contribution in [1.82, 2.24) is 5.32 Å². The minimum atomic E-state index is 0.738. The van der Waals surface area contributed by atoms with Crippen molar-refractivity contribution in [3.8, 4) is 11.5 Å². The molecular formula is C14H19NO3. The molecule has 4 nitrogen and oxygen atoms in total. The molecule has 0 aliphatic carbocycles. The van der Waals surface area contributed by atoms with Crippen LogP contribution in [0.5, 0.6) is 11.5 Å². The molecular weight excluding hydrogens is 230 g/mol. The Morgan fingerprint density at radius 1 is 1.22 bits per heavy atom. The van der Waals surface area contributed by atoms with Crippen molar-refractivity contribution >= 4 is 11.0 Å². The van der Waals surface area contributed by atoms with Gasteiger partial charge in [-0.15, -0.1) is 0 Å². The summed E-state index contributed by atoms with van der Waals surface area (Å²) in [6.45, 7) is 3.92. The van der Waals surface area contributed by atoms with Gasteiger partial charge in [0.25, 0.3) is 0 Å². The van der Waals surface area contributed by atoms with Crippen LogP contribution < -0.4 is 14.8 Å². The molecule has 0 radical (unpaired) electrons. The lowest BCUT2D eigenvalue weighted by molar-refractivity contribution is 0.397. The maximum absolute atomic E-state index is 5.56. The Hall–Kier alpha value is -1.68. The summed E-state index contributed by atoms with van der Waals surface area (Å²) in [5.41, 5.74) is 1.90. The Balaban J connectivity index is 2.37. The predicted octanol–water partition coefficient (Wildman–Crippen LogP) is 2.95. The summed E-state index contributed by atoms with van der Waals surface area (Å²) in [4.78, 5) is 0. The highest BCUT2D eigenvalue weighted by Gasteiger charge is 2.13. The number of rotatable bonds is 6. The zero-order valence-corrected chi connectivity index (χ0v) is 11.1. The summed E-state index contributed by atoms with van der Waals surface area (Å²) < 4.78 is 16.2. The molecule has 0 fully saturated rings. The smallest absolute Gasteiger partial charge is 0.141 e. The topological polar surface area (TPSA) is 43.6 Å². The molecule has 2 aromatic rings. The minimum absolute atomic E-state index is 0.738. The highest BCUT2D eigenvalue weighted by atomic mass is 16.5. The van der Waals surface area contributed by atoms with E-state index >= 15 is 0 Å². The van der Waals surface area contributed by atoms with E-state index in [0.29, 0.717) is 0 Å². The molecule has 0 spiro atoms. The van der Waals surface area contributed by atoms with E-state index in [9.17, 15) is 0 Å². The normalized spacial score (nSPS) is 10.8. The molecule has 1 aromatic heterocycles. The van der Waals surface area contributed by atoms with Gasteiger partial charge in [0.2, 0.25) is 0 Å². The van der Waals surface area contributed by atoms with Gasteiger partial charge in [-0.1, -0.05) is 6.92 Å². The van der Waals surface area contributed by atoms with Crippen LogP contribution in [0.2, 0.25) is 0 Å².